The monoisotopic (exact) mass is 251 g/mol. The maximum absolute atomic E-state index is 5.75. The zero-order valence-corrected chi connectivity index (χ0v) is 11.7. The maximum atomic E-state index is 5.75. The first-order chi connectivity index (χ1) is 8.76. The molecule has 18 heavy (non-hydrogen) atoms. The molecule has 0 aliphatic carbocycles. The molecule has 1 N–H and O–H groups in total. The van der Waals surface area contributed by atoms with Crippen molar-refractivity contribution in [2.75, 3.05) is 27.4 Å². The summed E-state index contributed by atoms with van der Waals surface area (Å²) in [6.07, 6.45) is 3.24. The fourth-order valence-electron chi connectivity index (χ4n) is 1.93. The van der Waals surface area contributed by atoms with Crippen molar-refractivity contribution in [1.29, 1.82) is 0 Å². The standard InChI is InChI=1S/C15H25NO2/c1-13-6-4-8-15(12-13)18-11-9-14(16-2)7-5-10-17-3/h4,6,8,12,14,16H,5,7,9-11H2,1-3H3. The van der Waals surface area contributed by atoms with Crippen LogP contribution in [0.3, 0.4) is 0 Å². The summed E-state index contributed by atoms with van der Waals surface area (Å²) < 4.78 is 10.8. The predicted octanol–water partition coefficient (Wildman–Crippen LogP) is 2.78. The Kier molecular flexibility index (Phi) is 7.46. The van der Waals surface area contributed by atoms with Crippen molar-refractivity contribution >= 4 is 0 Å². The van der Waals surface area contributed by atoms with Gasteiger partial charge in [-0.3, -0.25) is 0 Å². The highest BCUT2D eigenvalue weighted by Gasteiger charge is 2.06. The van der Waals surface area contributed by atoms with Crippen molar-refractivity contribution in [1.82, 2.24) is 5.32 Å². The van der Waals surface area contributed by atoms with E-state index in [2.05, 4.69) is 24.4 Å². The Morgan fingerprint density at radius 1 is 1.22 bits per heavy atom. The number of aryl methyl sites for hydroxylation is 1. The lowest BCUT2D eigenvalue weighted by molar-refractivity contribution is 0.186. The van der Waals surface area contributed by atoms with Crippen molar-refractivity contribution in [2.45, 2.75) is 32.2 Å². The van der Waals surface area contributed by atoms with Crippen LogP contribution in [-0.2, 0) is 4.74 Å². The second-order valence-corrected chi connectivity index (χ2v) is 4.57. The van der Waals surface area contributed by atoms with Crippen molar-refractivity contribution in [3.63, 3.8) is 0 Å². The summed E-state index contributed by atoms with van der Waals surface area (Å²) in [7, 11) is 3.75. The van der Waals surface area contributed by atoms with Crippen molar-refractivity contribution < 1.29 is 9.47 Å². The second-order valence-electron chi connectivity index (χ2n) is 4.57. The SMILES string of the molecule is CNC(CCCOC)CCOc1cccc(C)c1. The number of ether oxygens (including phenoxy) is 2. The Balaban J connectivity index is 2.22. The summed E-state index contributed by atoms with van der Waals surface area (Å²) in [4.78, 5) is 0. The zero-order chi connectivity index (χ0) is 13.2. The highest BCUT2D eigenvalue weighted by molar-refractivity contribution is 5.27. The first kappa shape index (κ1) is 15.0. The molecule has 3 heteroatoms. The number of benzene rings is 1. The minimum Gasteiger partial charge on any atom is -0.494 e. The Hall–Kier alpha value is -1.06. The molecule has 0 saturated carbocycles. The van der Waals surface area contributed by atoms with Gasteiger partial charge in [0.05, 0.1) is 6.61 Å². The predicted molar refractivity (Wildman–Crippen MR) is 75.2 cm³/mol. The van der Waals surface area contributed by atoms with Crippen molar-refractivity contribution in [2.24, 2.45) is 0 Å². The second kappa shape index (κ2) is 8.95. The number of hydrogen-bond acceptors (Lipinski definition) is 3. The highest BCUT2D eigenvalue weighted by Crippen LogP contribution is 2.13. The minimum atomic E-state index is 0.505. The Labute approximate surface area is 110 Å². The van der Waals surface area contributed by atoms with Gasteiger partial charge in [0.1, 0.15) is 5.75 Å². The van der Waals surface area contributed by atoms with E-state index in [-0.39, 0.29) is 0 Å². The van der Waals surface area contributed by atoms with Crippen LogP contribution in [0, 0.1) is 6.92 Å². The zero-order valence-electron chi connectivity index (χ0n) is 11.7. The summed E-state index contributed by atoms with van der Waals surface area (Å²) >= 11 is 0. The van der Waals surface area contributed by atoms with Gasteiger partial charge in [0, 0.05) is 19.8 Å². The Bertz CT molecular complexity index is 328. The molecule has 1 aromatic carbocycles. The van der Waals surface area contributed by atoms with Gasteiger partial charge in [-0.15, -0.1) is 0 Å². The lowest BCUT2D eigenvalue weighted by Crippen LogP contribution is -2.27. The summed E-state index contributed by atoms with van der Waals surface area (Å²) in [6, 6.07) is 8.68. The lowest BCUT2D eigenvalue weighted by atomic mass is 10.1. The van der Waals surface area contributed by atoms with Crippen LogP contribution in [0.5, 0.6) is 5.75 Å². The average Bonchev–Trinajstić information content (AvgIpc) is 2.37. The molecular weight excluding hydrogens is 226 g/mol. The van der Waals surface area contributed by atoms with Gasteiger partial charge in [0.25, 0.3) is 0 Å². The van der Waals surface area contributed by atoms with Crippen molar-refractivity contribution in [3.05, 3.63) is 29.8 Å². The minimum absolute atomic E-state index is 0.505. The molecule has 102 valence electrons. The molecule has 0 aliphatic rings. The molecule has 1 atom stereocenters. The normalized spacial score (nSPS) is 12.4. The van der Waals surface area contributed by atoms with Gasteiger partial charge in [0.2, 0.25) is 0 Å². The van der Waals surface area contributed by atoms with Gasteiger partial charge in [-0.1, -0.05) is 12.1 Å². The van der Waals surface area contributed by atoms with Gasteiger partial charge in [0.15, 0.2) is 0 Å². The molecule has 1 unspecified atom stereocenters. The first-order valence-corrected chi connectivity index (χ1v) is 6.62. The van der Waals surface area contributed by atoms with Gasteiger partial charge in [-0.05, 0) is 50.9 Å². The molecule has 0 aliphatic heterocycles. The molecule has 0 saturated heterocycles. The average molecular weight is 251 g/mol. The first-order valence-electron chi connectivity index (χ1n) is 6.62. The molecule has 0 fully saturated rings. The van der Waals surface area contributed by atoms with E-state index < -0.39 is 0 Å². The Morgan fingerprint density at radius 3 is 2.72 bits per heavy atom. The summed E-state index contributed by atoms with van der Waals surface area (Å²) in [5, 5.41) is 3.32. The van der Waals surface area contributed by atoms with E-state index in [1.54, 1.807) is 7.11 Å². The number of hydrogen-bond donors (Lipinski definition) is 1. The lowest BCUT2D eigenvalue weighted by Gasteiger charge is -2.16. The fourth-order valence-corrected chi connectivity index (χ4v) is 1.93. The van der Waals surface area contributed by atoms with Gasteiger partial charge in [-0.2, -0.15) is 0 Å². The third-order valence-electron chi connectivity index (χ3n) is 3.03. The quantitative estimate of drug-likeness (QED) is 0.685. The number of methoxy groups -OCH3 is 1. The van der Waals surface area contributed by atoms with E-state index in [1.807, 2.05) is 19.2 Å². The maximum Gasteiger partial charge on any atom is 0.119 e. The van der Waals surface area contributed by atoms with Gasteiger partial charge >= 0.3 is 0 Å². The molecule has 0 spiro atoms. The smallest absolute Gasteiger partial charge is 0.119 e. The molecular formula is C15H25NO2. The molecule has 0 heterocycles. The van der Waals surface area contributed by atoms with E-state index in [9.17, 15) is 0 Å². The topological polar surface area (TPSA) is 30.5 Å². The highest BCUT2D eigenvalue weighted by atomic mass is 16.5. The largest absolute Gasteiger partial charge is 0.494 e. The molecule has 0 amide bonds. The molecule has 0 aromatic heterocycles. The third kappa shape index (κ3) is 6.03. The third-order valence-corrected chi connectivity index (χ3v) is 3.03. The molecule has 3 nitrogen and oxygen atoms in total. The van der Waals surface area contributed by atoms with Crippen LogP contribution in [0.2, 0.25) is 0 Å². The van der Waals surface area contributed by atoms with E-state index >= 15 is 0 Å². The van der Waals surface area contributed by atoms with Crippen LogP contribution in [-0.4, -0.2) is 33.4 Å². The van der Waals surface area contributed by atoms with Gasteiger partial charge < -0.3 is 14.8 Å². The van der Waals surface area contributed by atoms with E-state index in [1.165, 1.54) is 5.56 Å². The van der Waals surface area contributed by atoms with Crippen LogP contribution in [0.4, 0.5) is 0 Å². The van der Waals surface area contributed by atoms with Crippen molar-refractivity contribution in [3.8, 4) is 5.75 Å². The van der Waals surface area contributed by atoms with Crippen LogP contribution in [0.25, 0.3) is 0 Å². The molecule has 0 bridgehead atoms. The number of rotatable bonds is 9. The fraction of sp³-hybridized carbons (Fsp3) is 0.600. The van der Waals surface area contributed by atoms with E-state index in [4.69, 9.17) is 9.47 Å². The summed E-state index contributed by atoms with van der Waals surface area (Å²) in [6.45, 7) is 3.66. The van der Waals surface area contributed by atoms with Crippen LogP contribution < -0.4 is 10.1 Å². The van der Waals surface area contributed by atoms with Crippen LogP contribution in [0.1, 0.15) is 24.8 Å². The Morgan fingerprint density at radius 2 is 2.06 bits per heavy atom. The van der Waals surface area contributed by atoms with E-state index in [0.717, 1.165) is 38.2 Å². The van der Waals surface area contributed by atoms with Crippen LogP contribution in [0.15, 0.2) is 24.3 Å². The molecule has 1 rings (SSSR count). The van der Waals surface area contributed by atoms with Crippen LogP contribution >= 0.6 is 0 Å². The number of nitrogens with one attached hydrogen (secondary N) is 1. The molecule has 1 aromatic rings. The summed E-state index contributed by atoms with van der Waals surface area (Å²) in [5.41, 5.74) is 1.23. The summed E-state index contributed by atoms with van der Waals surface area (Å²) in [5.74, 6) is 0.960. The van der Waals surface area contributed by atoms with Gasteiger partial charge in [-0.25, -0.2) is 0 Å². The molecule has 0 radical (unpaired) electrons. The van der Waals surface area contributed by atoms with E-state index in [0.29, 0.717) is 6.04 Å².